The standard InChI is InChI=1S/C15H21N3S/c1-3-18-10-13(9-16-18)17-11(2)15-8-12-6-4-5-7-14(12)19-15/h8-11,17H,3-7H2,1-2H3. The molecule has 1 atom stereocenters. The Morgan fingerprint density at radius 1 is 1.42 bits per heavy atom. The van der Waals surface area contributed by atoms with Gasteiger partial charge < -0.3 is 5.32 Å². The summed E-state index contributed by atoms with van der Waals surface area (Å²) in [5.74, 6) is 0. The van der Waals surface area contributed by atoms with E-state index in [0.717, 1.165) is 12.2 Å². The van der Waals surface area contributed by atoms with E-state index in [9.17, 15) is 0 Å². The van der Waals surface area contributed by atoms with Gasteiger partial charge in [0.05, 0.1) is 17.9 Å². The Kier molecular flexibility index (Phi) is 3.60. The summed E-state index contributed by atoms with van der Waals surface area (Å²) in [7, 11) is 0. The molecule has 19 heavy (non-hydrogen) atoms. The molecule has 0 radical (unpaired) electrons. The minimum Gasteiger partial charge on any atom is -0.375 e. The lowest BCUT2D eigenvalue weighted by Gasteiger charge is -2.11. The summed E-state index contributed by atoms with van der Waals surface area (Å²) in [6.07, 6.45) is 9.25. The van der Waals surface area contributed by atoms with Crippen LogP contribution in [0.2, 0.25) is 0 Å². The number of nitrogens with one attached hydrogen (secondary N) is 1. The van der Waals surface area contributed by atoms with Gasteiger partial charge in [-0.2, -0.15) is 5.10 Å². The van der Waals surface area contributed by atoms with Gasteiger partial charge in [-0.15, -0.1) is 11.3 Å². The van der Waals surface area contributed by atoms with Crippen LogP contribution in [0.5, 0.6) is 0 Å². The molecule has 0 bridgehead atoms. The number of fused-ring (bicyclic) bond motifs is 1. The minimum absolute atomic E-state index is 0.366. The molecule has 2 aromatic rings. The highest BCUT2D eigenvalue weighted by Crippen LogP contribution is 2.33. The van der Waals surface area contributed by atoms with Gasteiger partial charge in [-0.3, -0.25) is 4.68 Å². The Balaban J connectivity index is 1.72. The van der Waals surface area contributed by atoms with Crippen LogP contribution < -0.4 is 5.32 Å². The van der Waals surface area contributed by atoms with E-state index in [4.69, 9.17) is 0 Å². The van der Waals surface area contributed by atoms with Crippen molar-refractivity contribution in [2.24, 2.45) is 0 Å². The van der Waals surface area contributed by atoms with Crippen LogP contribution in [-0.2, 0) is 19.4 Å². The normalized spacial score (nSPS) is 16.1. The number of anilines is 1. The molecule has 1 N–H and O–H groups in total. The predicted molar refractivity (Wildman–Crippen MR) is 80.9 cm³/mol. The first-order valence-electron chi connectivity index (χ1n) is 7.16. The van der Waals surface area contributed by atoms with Crippen LogP contribution in [0.1, 0.15) is 48.0 Å². The van der Waals surface area contributed by atoms with Gasteiger partial charge in [0.2, 0.25) is 0 Å². The van der Waals surface area contributed by atoms with Crippen molar-refractivity contribution in [3.8, 4) is 0 Å². The number of thiophene rings is 1. The van der Waals surface area contributed by atoms with Gasteiger partial charge in [-0.1, -0.05) is 0 Å². The lowest BCUT2D eigenvalue weighted by Crippen LogP contribution is -2.04. The lowest BCUT2D eigenvalue weighted by molar-refractivity contribution is 0.660. The molecule has 2 heterocycles. The summed E-state index contributed by atoms with van der Waals surface area (Å²) in [5.41, 5.74) is 2.70. The van der Waals surface area contributed by atoms with Crippen molar-refractivity contribution in [1.82, 2.24) is 9.78 Å². The Labute approximate surface area is 118 Å². The fourth-order valence-electron chi connectivity index (χ4n) is 2.66. The van der Waals surface area contributed by atoms with Crippen molar-refractivity contribution in [3.63, 3.8) is 0 Å². The molecule has 1 aliphatic rings. The SMILES string of the molecule is CCn1cc(NC(C)c2cc3c(s2)CCCC3)cn1. The van der Waals surface area contributed by atoms with E-state index in [0.29, 0.717) is 6.04 Å². The first-order chi connectivity index (χ1) is 9.26. The zero-order valence-corrected chi connectivity index (χ0v) is 12.5. The number of nitrogens with zero attached hydrogens (tertiary/aromatic N) is 2. The summed E-state index contributed by atoms with van der Waals surface area (Å²) in [6.45, 7) is 5.26. The van der Waals surface area contributed by atoms with Crippen molar-refractivity contribution < 1.29 is 0 Å². The molecule has 3 nitrogen and oxygen atoms in total. The number of rotatable bonds is 4. The third-order valence-electron chi connectivity index (χ3n) is 3.78. The molecule has 0 amide bonds. The fourth-order valence-corrected chi connectivity index (χ4v) is 3.92. The van der Waals surface area contributed by atoms with Crippen molar-refractivity contribution in [1.29, 1.82) is 0 Å². The van der Waals surface area contributed by atoms with E-state index in [1.807, 2.05) is 22.2 Å². The molecule has 2 aromatic heterocycles. The first-order valence-corrected chi connectivity index (χ1v) is 7.98. The van der Waals surface area contributed by atoms with Crippen molar-refractivity contribution in [2.45, 2.75) is 52.1 Å². The number of hydrogen-bond donors (Lipinski definition) is 1. The summed E-state index contributed by atoms with van der Waals surface area (Å²) in [4.78, 5) is 3.07. The van der Waals surface area contributed by atoms with Crippen LogP contribution in [0.3, 0.4) is 0 Å². The van der Waals surface area contributed by atoms with Gasteiger partial charge in [-0.05, 0) is 51.2 Å². The fraction of sp³-hybridized carbons (Fsp3) is 0.533. The molecule has 3 rings (SSSR count). The van der Waals surface area contributed by atoms with Crippen LogP contribution in [-0.4, -0.2) is 9.78 Å². The molecule has 1 unspecified atom stereocenters. The van der Waals surface area contributed by atoms with Gasteiger partial charge in [0, 0.05) is 22.5 Å². The molecule has 0 saturated carbocycles. The molecule has 1 aliphatic carbocycles. The molecule has 0 saturated heterocycles. The summed E-state index contributed by atoms with van der Waals surface area (Å²) >= 11 is 1.99. The second-order valence-corrected chi connectivity index (χ2v) is 6.42. The van der Waals surface area contributed by atoms with Gasteiger partial charge >= 0.3 is 0 Å². The van der Waals surface area contributed by atoms with Crippen LogP contribution in [0, 0.1) is 0 Å². The van der Waals surface area contributed by atoms with Crippen molar-refractivity contribution >= 4 is 17.0 Å². The third kappa shape index (κ3) is 2.68. The van der Waals surface area contributed by atoms with Crippen molar-refractivity contribution in [2.75, 3.05) is 5.32 Å². The van der Waals surface area contributed by atoms with E-state index in [1.54, 1.807) is 10.4 Å². The zero-order valence-electron chi connectivity index (χ0n) is 11.6. The van der Waals surface area contributed by atoms with E-state index >= 15 is 0 Å². The number of aryl methyl sites for hydroxylation is 3. The molecular formula is C15H21N3S. The first kappa shape index (κ1) is 12.7. The Bertz CT molecular complexity index is 532. The highest BCUT2D eigenvalue weighted by atomic mass is 32.1. The van der Waals surface area contributed by atoms with Crippen LogP contribution in [0.15, 0.2) is 18.5 Å². The second kappa shape index (κ2) is 5.37. The van der Waals surface area contributed by atoms with E-state index in [1.165, 1.54) is 30.6 Å². The Morgan fingerprint density at radius 3 is 3.00 bits per heavy atom. The van der Waals surface area contributed by atoms with Crippen molar-refractivity contribution in [3.05, 3.63) is 33.8 Å². The third-order valence-corrected chi connectivity index (χ3v) is 5.20. The van der Waals surface area contributed by atoms with E-state index < -0.39 is 0 Å². The topological polar surface area (TPSA) is 29.9 Å². The van der Waals surface area contributed by atoms with Crippen LogP contribution in [0.25, 0.3) is 0 Å². The summed E-state index contributed by atoms with van der Waals surface area (Å²) in [5, 5.41) is 7.85. The molecule has 0 aromatic carbocycles. The minimum atomic E-state index is 0.366. The lowest BCUT2D eigenvalue weighted by atomic mass is 9.99. The Hall–Kier alpha value is -1.29. The molecule has 4 heteroatoms. The van der Waals surface area contributed by atoms with Crippen LogP contribution in [0.4, 0.5) is 5.69 Å². The van der Waals surface area contributed by atoms with Gasteiger partial charge in [-0.25, -0.2) is 0 Å². The molecule has 0 fully saturated rings. The predicted octanol–water partition coefficient (Wildman–Crippen LogP) is 4.02. The zero-order chi connectivity index (χ0) is 13.2. The largest absolute Gasteiger partial charge is 0.375 e. The maximum atomic E-state index is 4.30. The Morgan fingerprint density at radius 2 is 2.26 bits per heavy atom. The monoisotopic (exact) mass is 275 g/mol. The van der Waals surface area contributed by atoms with Gasteiger partial charge in [0.15, 0.2) is 0 Å². The highest BCUT2D eigenvalue weighted by molar-refractivity contribution is 7.12. The summed E-state index contributed by atoms with van der Waals surface area (Å²) in [6, 6.07) is 2.77. The summed E-state index contributed by atoms with van der Waals surface area (Å²) < 4.78 is 1.95. The van der Waals surface area contributed by atoms with E-state index in [2.05, 4.69) is 36.5 Å². The molecule has 0 spiro atoms. The number of aromatic nitrogens is 2. The highest BCUT2D eigenvalue weighted by Gasteiger charge is 2.16. The van der Waals surface area contributed by atoms with Gasteiger partial charge in [0.25, 0.3) is 0 Å². The van der Waals surface area contributed by atoms with Gasteiger partial charge in [0.1, 0.15) is 0 Å². The molecule has 0 aliphatic heterocycles. The number of hydrogen-bond acceptors (Lipinski definition) is 3. The van der Waals surface area contributed by atoms with Crippen LogP contribution >= 0.6 is 11.3 Å². The molecule has 102 valence electrons. The maximum Gasteiger partial charge on any atom is 0.0731 e. The molecular weight excluding hydrogens is 254 g/mol. The average molecular weight is 275 g/mol. The van der Waals surface area contributed by atoms with E-state index in [-0.39, 0.29) is 0 Å². The maximum absolute atomic E-state index is 4.30. The second-order valence-electron chi connectivity index (χ2n) is 5.26. The average Bonchev–Trinajstić information content (AvgIpc) is 3.04. The quantitative estimate of drug-likeness (QED) is 0.913. The smallest absolute Gasteiger partial charge is 0.0731 e.